The highest BCUT2D eigenvalue weighted by atomic mass is 16.7. The molecule has 0 saturated carbocycles. The Morgan fingerprint density at radius 1 is 1.33 bits per heavy atom. The Hall–Kier alpha value is -0.770. The van der Waals surface area contributed by atoms with Crippen LogP contribution in [0.5, 0.6) is 0 Å². The first kappa shape index (κ1) is 11.2. The third kappa shape index (κ3) is 5.97. The van der Waals surface area contributed by atoms with Crippen LogP contribution in [0.15, 0.2) is 0 Å². The fourth-order valence-corrected chi connectivity index (χ4v) is 1.31. The van der Waals surface area contributed by atoms with Crippen LogP contribution in [0.25, 0.3) is 0 Å². The number of carboxylic acid groups (broad SMARTS) is 1. The lowest BCUT2D eigenvalue weighted by atomic mass is 9.92. The molecule has 0 fully saturated rings. The van der Waals surface area contributed by atoms with Crippen LogP contribution in [0.1, 0.15) is 34.1 Å². The third-order valence-corrected chi connectivity index (χ3v) is 1.22. The van der Waals surface area contributed by atoms with Gasteiger partial charge in [-0.25, -0.2) is 4.79 Å². The maximum absolute atomic E-state index is 10.2. The molecule has 0 aromatic heterocycles. The van der Waals surface area contributed by atoms with Crippen LogP contribution in [-0.4, -0.2) is 27.6 Å². The van der Waals surface area contributed by atoms with Crippen LogP contribution in [-0.2, 0) is 4.74 Å². The van der Waals surface area contributed by atoms with Gasteiger partial charge >= 0.3 is 6.16 Å². The van der Waals surface area contributed by atoms with Crippen molar-refractivity contribution in [1.29, 1.82) is 0 Å². The molecule has 0 amide bonds. The van der Waals surface area contributed by atoms with Gasteiger partial charge in [-0.15, -0.1) is 0 Å². The lowest BCUT2D eigenvalue weighted by Crippen LogP contribution is -2.36. The number of rotatable bonds is 3. The SMILES string of the molecule is CC(C)(O)CC(C)(C)OC(=O)O. The van der Waals surface area contributed by atoms with Gasteiger partial charge in [0.2, 0.25) is 0 Å². The van der Waals surface area contributed by atoms with E-state index in [2.05, 4.69) is 4.74 Å². The normalized spacial score (nSPS) is 12.8. The molecule has 0 saturated heterocycles. The summed E-state index contributed by atoms with van der Waals surface area (Å²) in [4.78, 5) is 10.2. The molecule has 72 valence electrons. The largest absolute Gasteiger partial charge is 0.506 e. The fourth-order valence-electron chi connectivity index (χ4n) is 1.31. The lowest BCUT2D eigenvalue weighted by Gasteiger charge is -2.29. The highest BCUT2D eigenvalue weighted by Gasteiger charge is 2.30. The smallest absolute Gasteiger partial charge is 0.450 e. The summed E-state index contributed by atoms with van der Waals surface area (Å²) in [5.41, 5.74) is -1.76. The van der Waals surface area contributed by atoms with Crippen molar-refractivity contribution >= 4 is 6.16 Å². The molecule has 0 aliphatic heterocycles. The van der Waals surface area contributed by atoms with E-state index >= 15 is 0 Å². The molecule has 0 aliphatic carbocycles. The van der Waals surface area contributed by atoms with E-state index in [0.717, 1.165) is 0 Å². The number of hydrogen-bond donors (Lipinski definition) is 2. The Balaban J connectivity index is 4.13. The van der Waals surface area contributed by atoms with Gasteiger partial charge in [0.05, 0.1) is 5.60 Å². The van der Waals surface area contributed by atoms with Crippen molar-refractivity contribution in [2.75, 3.05) is 0 Å². The number of ether oxygens (including phenoxy) is 1. The summed E-state index contributed by atoms with van der Waals surface area (Å²) in [6.07, 6.45) is -1.05. The number of carbonyl (C=O) groups is 1. The summed E-state index contributed by atoms with van der Waals surface area (Å²) < 4.78 is 4.57. The van der Waals surface area contributed by atoms with E-state index < -0.39 is 17.4 Å². The molecule has 0 bridgehead atoms. The summed E-state index contributed by atoms with van der Waals surface area (Å²) in [6.45, 7) is 6.47. The Labute approximate surface area is 72.2 Å². The Morgan fingerprint density at radius 3 is 2.00 bits per heavy atom. The van der Waals surface area contributed by atoms with Crippen molar-refractivity contribution in [3.8, 4) is 0 Å². The molecule has 0 atom stereocenters. The van der Waals surface area contributed by atoms with Crippen LogP contribution in [0.4, 0.5) is 4.79 Å². The summed E-state index contributed by atoms with van der Waals surface area (Å²) in [6, 6.07) is 0. The van der Waals surface area contributed by atoms with Gasteiger partial charge in [0.25, 0.3) is 0 Å². The summed E-state index contributed by atoms with van der Waals surface area (Å²) >= 11 is 0. The highest BCUT2D eigenvalue weighted by Crippen LogP contribution is 2.22. The van der Waals surface area contributed by atoms with E-state index in [4.69, 9.17) is 5.11 Å². The standard InChI is InChI=1S/C8H16O4/c1-7(2,11)5-8(3,4)12-6(9)10/h11H,5H2,1-4H3,(H,9,10). The Kier molecular flexibility index (Phi) is 3.10. The molecule has 4 nitrogen and oxygen atoms in total. The molecule has 0 radical (unpaired) electrons. The predicted octanol–water partition coefficient (Wildman–Crippen LogP) is 1.62. The summed E-state index contributed by atoms with van der Waals surface area (Å²) in [5.74, 6) is 0. The number of aliphatic hydroxyl groups is 1. The van der Waals surface area contributed by atoms with Crippen LogP contribution < -0.4 is 0 Å². The van der Waals surface area contributed by atoms with Gasteiger partial charge < -0.3 is 14.9 Å². The molecular weight excluding hydrogens is 160 g/mol. The van der Waals surface area contributed by atoms with Crippen molar-refractivity contribution in [3.63, 3.8) is 0 Å². The van der Waals surface area contributed by atoms with Gasteiger partial charge in [0.15, 0.2) is 0 Å². The van der Waals surface area contributed by atoms with Crippen molar-refractivity contribution < 1.29 is 19.7 Å². The molecule has 0 spiro atoms. The molecule has 0 aliphatic rings. The zero-order valence-corrected chi connectivity index (χ0v) is 7.92. The van der Waals surface area contributed by atoms with E-state index in [9.17, 15) is 9.90 Å². The monoisotopic (exact) mass is 176 g/mol. The molecule has 2 N–H and O–H groups in total. The fraction of sp³-hybridized carbons (Fsp3) is 0.875. The Bertz CT molecular complexity index is 166. The second kappa shape index (κ2) is 3.31. The van der Waals surface area contributed by atoms with Crippen LogP contribution in [0.3, 0.4) is 0 Å². The number of hydrogen-bond acceptors (Lipinski definition) is 3. The zero-order chi connectivity index (χ0) is 9.99. The third-order valence-electron chi connectivity index (χ3n) is 1.22. The van der Waals surface area contributed by atoms with Gasteiger partial charge in [-0.3, -0.25) is 0 Å². The van der Waals surface area contributed by atoms with E-state index in [1.807, 2.05) is 0 Å². The molecule has 0 aromatic carbocycles. The maximum atomic E-state index is 10.2. The van der Waals surface area contributed by atoms with E-state index in [-0.39, 0.29) is 6.42 Å². The molecule has 0 unspecified atom stereocenters. The van der Waals surface area contributed by atoms with Crippen molar-refractivity contribution in [3.05, 3.63) is 0 Å². The minimum Gasteiger partial charge on any atom is -0.450 e. The molecule has 4 heteroatoms. The Morgan fingerprint density at radius 2 is 1.75 bits per heavy atom. The molecular formula is C8H16O4. The van der Waals surface area contributed by atoms with Crippen molar-refractivity contribution in [2.45, 2.75) is 45.3 Å². The van der Waals surface area contributed by atoms with Gasteiger partial charge in [0.1, 0.15) is 5.60 Å². The molecule has 0 rings (SSSR count). The van der Waals surface area contributed by atoms with Crippen LogP contribution in [0, 0.1) is 0 Å². The predicted molar refractivity (Wildman–Crippen MR) is 44.1 cm³/mol. The first-order valence-corrected chi connectivity index (χ1v) is 3.77. The van der Waals surface area contributed by atoms with E-state index in [1.165, 1.54) is 0 Å². The van der Waals surface area contributed by atoms with Gasteiger partial charge in [-0.05, 0) is 27.7 Å². The van der Waals surface area contributed by atoms with Crippen LogP contribution in [0.2, 0.25) is 0 Å². The van der Waals surface area contributed by atoms with E-state index in [0.29, 0.717) is 0 Å². The van der Waals surface area contributed by atoms with Crippen molar-refractivity contribution in [1.82, 2.24) is 0 Å². The first-order valence-electron chi connectivity index (χ1n) is 3.77. The average Bonchev–Trinajstić information content (AvgIpc) is 1.48. The molecule has 0 aromatic rings. The molecule has 12 heavy (non-hydrogen) atoms. The van der Waals surface area contributed by atoms with Gasteiger partial charge in [0, 0.05) is 6.42 Å². The minimum absolute atomic E-state index is 0.270. The quantitative estimate of drug-likeness (QED) is 0.641. The van der Waals surface area contributed by atoms with Crippen molar-refractivity contribution in [2.24, 2.45) is 0 Å². The highest BCUT2D eigenvalue weighted by molar-refractivity contribution is 5.57. The van der Waals surface area contributed by atoms with Crippen LogP contribution >= 0.6 is 0 Å². The summed E-state index contributed by atoms with van der Waals surface area (Å²) in [7, 11) is 0. The van der Waals surface area contributed by atoms with Gasteiger partial charge in [-0.2, -0.15) is 0 Å². The first-order chi connectivity index (χ1) is 5.12. The minimum atomic E-state index is -1.32. The second-order valence-electron chi connectivity index (χ2n) is 4.12. The zero-order valence-electron chi connectivity index (χ0n) is 7.92. The molecule has 0 heterocycles. The van der Waals surface area contributed by atoms with E-state index in [1.54, 1.807) is 27.7 Å². The summed E-state index contributed by atoms with van der Waals surface area (Å²) in [5, 5.41) is 17.7. The van der Waals surface area contributed by atoms with Gasteiger partial charge in [-0.1, -0.05) is 0 Å². The average molecular weight is 176 g/mol. The topological polar surface area (TPSA) is 66.8 Å². The second-order valence-corrected chi connectivity index (χ2v) is 4.12. The lowest BCUT2D eigenvalue weighted by molar-refractivity contribution is -0.0501. The maximum Gasteiger partial charge on any atom is 0.506 e.